The van der Waals surface area contributed by atoms with Crippen LogP contribution in [0.25, 0.3) is 0 Å². The minimum absolute atomic E-state index is 0.0548. The van der Waals surface area contributed by atoms with Gasteiger partial charge in [-0.2, -0.15) is 0 Å². The summed E-state index contributed by atoms with van der Waals surface area (Å²) in [7, 11) is 2.37. The highest BCUT2D eigenvalue weighted by Crippen LogP contribution is 2.38. The van der Waals surface area contributed by atoms with Gasteiger partial charge < -0.3 is 28.7 Å². The second-order valence-electron chi connectivity index (χ2n) is 7.34. The van der Waals surface area contributed by atoms with E-state index >= 15 is 4.39 Å². The van der Waals surface area contributed by atoms with Crippen molar-refractivity contribution in [2.75, 3.05) is 57.1 Å². The number of carbonyl (C=O) groups excluding carboxylic acids is 3. The van der Waals surface area contributed by atoms with Crippen LogP contribution in [0, 0.1) is 11.7 Å². The zero-order chi connectivity index (χ0) is 23.3. The lowest BCUT2D eigenvalue weighted by molar-refractivity contribution is -0.148. The molecular formula is C22H27FN2O7. The Labute approximate surface area is 185 Å². The van der Waals surface area contributed by atoms with Crippen molar-refractivity contribution >= 4 is 29.3 Å². The van der Waals surface area contributed by atoms with E-state index in [0.717, 1.165) is 0 Å². The maximum atomic E-state index is 15.2. The van der Waals surface area contributed by atoms with Crippen LogP contribution in [0.1, 0.15) is 19.8 Å². The van der Waals surface area contributed by atoms with Crippen molar-refractivity contribution in [1.29, 1.82) is 0 Å². The Kier molecular flexibility index (Phi) is 7.68. The summed E-state index contributed by atoms with van der Waals surface area (Å²) in [5.41, 5.74) is 0.422. The van der Waals surface area contributed by atoms with Gasteiger partial charge in [-0.25, -0.2) is 14.0 Å². The van der Waals surface area contributed by atoms with E-state index in [9.17, 15) is 14.4 Å². The van der Waals surface area contributed by atoms with Crippen LogP contribution in [0.4, 0.5) is 15.8 Å². The Bertz CT molecular complexity index is 910. The molecule has 1 aromatic rings. The molecule has 10 heteroatoms. The van der Waals surface area contributed by atoms with Gasteiger partial charge in [0.05, 0.1) is 44.6 Å². The van der Waals surface area contributed by atoms with E-state index in [1.807, 2.05) is 4.90 Å². The van der Waals surface area contributed by atoms with Crippen LogP contribution in [-0.2, 0) is 33.3 Å². The minimum Gasteiger partial charge on any atom is -0.466 e. The number of carbonyl (C=O) groups is 3. The van der Waals surface area contributed by atoms with Crippen molar-refractivity contribution in [3.05, 3.63) is 35.3 Å². The number of hydrogen-bond acceptors (Lipinski definition) is 9. The molecule has 1 aromatic carbocycles. The SMILES string of the molecule is CCOC(=O)C1CCN(c2cccc(F)c2N2COCC(C(=O)OC)=C2C(=O)OC)CC1. The highest BCUT2D eigenvalue weighted by molar-refractivity contribution is 6.04. The first kappa shape index (κ1) is 23.5. The second-order valence-corrected chi connectivity index (χ2v) is 7.34. The molecule has 174 valence electrons. The standard InChI is InChI=1S/C22H27FN2O7/c1-4-32-20(26)14-8-10-24(11-9-14)17-7-5-6-16(23)19(17)25-13-31-12-15(21(27)29-2)18(25)22(28)30-3/h5-7,14H,4,8-13H2,1-3H3. The number of nitrogens with zero attached hydrogens (tertiary/aromatic N) is 2. The highest BCUT2D eigenvalue weighted by atomic mass is 19.1. The van der Waals surface area contributed by atoms with E-state index in [4.69, 9.17) is 18.9 Å². The molecule has 9 nitrogen and oxygen atoms in total. The molecule has 2 aliphatic heterocycles. The number of piperidine rings is 1. The molecule has 2 heterocycles. The van der Waals surface area contributed by atoms with Crippen molar-refractivity contribution in [2.45, 2.75) is 19.8 Å². The first-order chi connectivity index (χ1) is 15.4. The van der Waals surface area contributed by atoms with E-state index < -0.39 is 17.8 Å². The molecule has 0 atom stereocenters. The predicted molar refractivity (Wildman–Crippen MR) is 112 cm³/mol. The lowest BCUT2D eigenvalue weighted by Gasteiger charge is -2.38. The normalized spacial score (nSPS) is 17.2. The van der Waals surface area contributed by atoms with Gasteiger partial charge in [0, 0.05) is 13.1 Å². The van der Waals surface area contributed by atoms with Crippen LogP contribution in [-0.4, -0.2) is 65.2 Å². The molecule has 0 aliphatic carbocycles. The van der Waals surface area contributed by atoms with Gasteiger partial charge in [0.2, 0.25) is 0 Å². The molecule has 2 aliphatic rings. The number of halogens is 1. The van der Waals surface area contributed by atoms with Gasteiger partial charge in [-0.05, 0) is 31.9 Å². The van der Waals surface area contributed by atoms with Gasteiger partial charge in [0.25, 0.3) is 0 Å². The van der Waals surface area contributed by atoms with Crippen LogP contribution in [0.3, 0.4) is 0 Å². The fraction of sp³-hybridized carbons (Fsp3) is 0.500. The highest BCUT2D eigenvalue weighted by Gasteiger charge is 2.36. The van der Waals surface area contributed by atoms with Crippen LogP contribution < -0.4 is 9.80 Å². The molecular weight excluding hydrogens is 423 g/mol. The molecule has 0 amide bonds. The number of rotatable bonds is 6. The Morgan fingerprint density at radius 3 is 2.44 bits per heavy atom. The lowest BCUT2D eigenvalue weighted by atomic mass is 9.96. The average Bonchev–Trinajstić information content (AvgIpc) is 2.82. The van der Waals surface area contributed by atoms with Gasteiger partial charge >= 0.3 is 17.9 Å². The largest absolute Gasteiger partial charge is 0.466 e. The topological polar surface area (TPSA) is 94.6 Å². The smallest absolute Gasteiger partial charge is 0.355 e. The van der Waals surface area contributed by atoms with Gasteiger partial charge in [-0.1, -0.05) is 6.07 Å². The fourth-order valence-electron chi connectivity index (χ4n) is 3.96. The monoisotopic (exact) mass is 450 g/mol. The summed E-state index contributed by atoms with van der Waals surface area (Å²) in [6.07, 6.45) is 1.11. The molecule has 1 fully saturated rings. The summed E-state index contributed by atoms with van der Waals surface area (Å²) < 4.78 is 35.4. The van der Waals surface area contributed by atoms with E-state index in [1.54, 1.807) is 19.1 Å². The zero-order valence-corrected chi connectivity index (χ0v) is 18.4. The summed E-state index contributed by atoms with van der Waals surface area (Å²) in [5.74, 6) is -2.59. The Balaban J connectivity index is 1.98. The van der Waals surface area contributed by atoms with Crippen molar-refractivity contribution in [3.8, 4) is 0 Å². The summed E-state index contributed by atoms with van der Waals surface area (Å²) >= 11 is 0. The van der Waals surface area contributed by atoms with Crippen molar-refractivity contribution in [2.24, 2.45) is 5.92 Å². The van der Waals surface area contributed by atoms with Gasteiger partial charge in [-0.15, -0.1) is 0 Å². The number of ether oxygens (including phenoxy) is 4. The minimum atomic E-state index is -0.802. The van der Waals surface area contributed by atoms with Gasteiger partial charge in [0.15, 0.2) is 0 Å². The number of para-hydroxylation sites is 1. The maximum absolute atomic E-state index is 15.2. The third-order valence-corrected chi connectivity index (χ3v) is 5.52. The van der Waals surface area contributed by atoms with Crippen LogP contribution in [0.5, 0.6) is 0 Å². The van der Waals surface area contributed by atoms with Crippen LogP contribution >= 0.6 is 0 Å². The molecule has 0 radical (unpaired) electrons. The molecule has 32 heavy (non-hydrogen) atoms. The number of benzene rings is 1. The van der Waals surface area contributed by atoms with Crippen molar-refractivity contribution < 1.29 is 37.7 Å². The molecule has 0 unspecified atom stereocenters. The van der Waals surface area contributed by atoms with E-state index in [1.165, 1.54) is 25.2 Å². The van der Waals surface area contributed by atoms with E-state index in [2.05, 4.69) is 0 Å². The molecule has 0 aromatic heterocycles. The van der Waals surface area contributed by atoms with Gasteiger partial charge in [0.1, 0.15) is 23.9 Å². The molecule has 3 rings (SSSR count). The summed E-state index contributed by atoms with van der Waals surface area (Å²) in [6.45, 7) is 2.76. The fourth-order valence-corrected chi connectivity index (χ4v) is 3.96. The maximum Gasteiger partial charge on any atom is 0.355 e. The van der Waals surface area contributed by atoms with E-state index in [-0.39, 0.29) is 42.2 Å². The Hall–Kier alpha value is -3.14. The molecule has 1 saturated heterocycles. The number of anilines is 2. The predicted octanol–water partition coefficient (Wildman–Crippen LogP) is 2.00. The average molecular weight is 450 g/mol. The van der Waals surface area contributed by atoms with Crippen LogP contribution in [0.15, 0.2) is 29.5 Å². The molecule has 0 saturated carbocycles. The lowest BCUT2D eigenvalue weighted by Crippen LogP contribution is -2.41. The zero-order valence-electron chi connectivity index (χ0n) is 18.4. The molecule has 0 bridgehead atoms. The van der Waals surface area contributed by atoms with Gasteiger partial charge in [-0.3, -0.25) is 4.79 Å². The Morgan fingerprint density at radius 2 is 1.81 bits per heavy atom. The molecule has 0 N–H and O–H groups in total. The van der Waals surface area contributed by atoms with E-state index in [0.29, 0.717) is 38.2 Å². The van der Waals surface area contributed by atoms with Crippen LogP contribution in [0.2, 0.25) is 0 Å². The number of hydrogen-bond donors (Lipinski definition) is 0. The quantitative estimate of drug-likeness (QED) is 0.476. The Morgan fingerprint density at radius 1 is 1.12 bits per heavy atom. The number of esters is 3. The first-order valence-electron chi connectivity index (χ1n) is 10.4. The summed E-state index contributed by atoms with van der Waals surface area (Å²) in [5, 5.41) is 0. The van der Waals surface area contributed by atoms with Crippen molar-refractivity contribution in [1.82, 2.24) is 0 Å². The number of methoxy groups -OCH3 is 2. The van der Waals surface area contributed by atoms with Crippen molar-refractivity contribution in [3.63, 3.8) is 0 Å². The third kappa shape index (κ3) is 4.69. The summed E-state index contributed by atoms with van der Waals surface area (Å²) in [6, 6.07) is 4.56. The molecule has 0 spiro atoms. The second kappa shape index (κ2) is 10.4. The summed E-state index contributed by atoms with van der Waals surface area (Å²) in [4.78, 5) is 40.1. The first-order valence-corrected chi connectivity index (χ1v) is 10.4. The third-order valence-electron chi connectivity index (χ3n) is 5.52.